The molecule has 2 heterocycles. The first-order valence-electron chi connectivity index (χ1n) is 10.1. The molecule has 1 aliphatic carbocycles. The summed E-state index contributed by atoms with van der Waals surface area (Å²) >= 11 is 3.35. The molecule has 0 spiro atoms. The summed E-state index contributed by atoms with van der Waals surface area (Å²) in [5.41, 5.74) is 0.391. The summed E-state index contributed by atoms with van der Waals surface area (Å²) in [5.74, 6) is 0.834. The SMILES string of the molecule is CC1CCC(C(C(=O)Nc2ccc(Br)cn2)N(C(=O)c2ccn[nH]2)C(C)C)CC1. The number of H-pyrrole nitrogens is 1. The van der Waals surface area contributed by atoms with Gasteiger partial charge in [-0.25, -0.2) is 4.98 Å². The lowest BCUT2D eigenvalue weighted by molar-refractivity contribution is -0.123. The second-order valence-corrected chi connectivity index (χ2v) is 9.01. The Bertz CT molecular complexity index is 814. The first kappa shape index (κ1) is 21.5. The Hall–Kier alpha value is -2.22. The van der Waals surface area contributed by atoms with Crippen LogP contribution in [-0.4, -0.2) is 44.0 Å². The predicted molar refractivity (Wildman–Crippen MR) is 115 cm³/mol. The van der Waals surface area contributed by atoms with Crippen molar-refractivity contribution < 1.29 is 9.59 Å². The summed E-state index contributed by atoms with van der Waals surface area (Å²) in [5, 5.41) is 9.56. The van der Waals surface area contributed by atoms with E-state index in [1.165, 1.54) is 0 Å². The van der Waals surface area contributed by atoms with Crippen LogP contribution in [-0.2, 0) is 4.79 Å². The van der Waals surface area contributed by atoms with Gasteiger partial charge < -0.3 is 10.2 Å². The zero-order valence-corrected chi connectivity index (χ0v) is 18.6. The Kier molecular flexibility index (Phi) is 7.05. The summed E-state index contributed by atoms with van der Waals surface area (Å²) < 4.78 is 0.839. The fraction of sp³-hybridized carbons (Fsp3) is 0.524. The number of anilines is 1. The molecule has 0 radical (unpaired) electrons. The van der Waals surface area contributed by atoms with Crippen molar-refractivity contribution in [1.29, 1.82) is 0 Å². The Morgan fingerprint density at radius 2 is 1.93 bits per heavy atom. The molecule has 0 aliphatic heterocycles. The summed E-state index contributed by atoms with van der Waals surface area (Å²) in [4.78, 5) is 32.6. The fourth-order valence-electron chi connectivity index (χ4n) is 4.02. The van der Waals surface area contributed by atoms with E-state index in [4.69, 9.17) is 0 Å². The zero-order valence-electron chi connectivity index (χ0n) is 17.1. The molecule has 1 atom stereocenters. The van der Waals surface area contributed by atoms with Gasteiger partial charge in [-0.2, -0.15) is 5.10 Å². The van der Waals surface area contributed by atoms with Crippen molar-refractivity contribution in [3.05, 3.63) is 40.8 Å². The molecule has 8 heteroatoms. The van der Waals surface area contributed by atoms with Gasteiger partial charge in [0.1, 0.15) is 17.6 Å². The highest BCUT2D eigenvalue weighted by atomic mass is 79.9. The van der Waals surface area contributed by atoms with Gasteiger partial charge in [-0.3, -0.25) is 14.7 Å². The van der Waals surface area contributed by atoms with Crippen LogP contribution in [0.2, 0.25) is 0 Å². The van der Waals surface area contributed by atoms with Crippen LogP contribution in [0.4, 0.5) is 5.82 Å². The third-order valence-corrected chi connectivity index (χ3v) is 6.05. The van der Waals surface area contributed by atoms with Gasteiger partial charge in [0.2, 0.25) is 5.91 Å². The molecule has 0 aromatic carbocycles. The summed E-state index contributed by atoms with van der Waals surface area (Å²) in [6, 6.07) is 4.52. The molecule has 1 unspecified atom stereocenters. The van der Waals surface area contributed by atoms with Gasteiger partial charge in [0.25, 0.3) is 5.91 Å². The number of carbonyl (C=O) groups excluding carboxylic acids is 2. The number of hydrogen-bond acceptors (Lipinski definition) is 4. The Balaban J connectivity index is 1.90. The molecule has 2 amide bonds. The molecule has 1 fully saturated rings. The lowest BCUT2D eigenvalue weighted by atomic mass is 9.78. The lowest BCUT2D eigenvalue weighted by Gasteiger charge is -2.40. The van der Waals surface area contributed by atoms with Gasteiger partial charge in [0.15, 0.2) is 0 Å². The fourth-order valence-corrected chi connectivity index (χ4v) is 4.25. The molecule has 2 aromatic rings. The van der Waals surface area contributed by atoms with E-state index in [-0.39, 0.29) is 23.8 Å². The monoisotopic (exact) mass is 461 g/mol. The minimum atomic E-state index is -0.566. The van der Waals surface area contributed by atoms with Crippen LogP contribution in [0.25, 0.3) is 0 Å². The van der Waals surface area contributed by atoms with Crippen molar-refractivity contribution in [3.8, 4) is 0 Å². The lowest BCUT2D eigenvalue weighted by Crippen LogP contribution is -2.55. The third kappa shape index (κ3) is 5.23. The summed E-state index contributed by atoms with van der Waals surface area (Å²) in [7, 11) is 0. The summed E-state index contributed by atoms with van der Waals surface area (Å²) in [6.07, 6.45) is 7.17. The Morgan fingerprint density at radius 3 is 2.48 bits per heavy atom. The molecular formula is C21H28BrN5O2. The van der Waals surface area contributed by atoms with E-state index in [0.717, 1.165) is 30.2 Å². The standard InChI is InChI=1S/C21H28BrN5O2/c1-13(2)27(21(29)17-10-11-24-26-17)19(15-6-4-14(3)5-7-15)20(28)25-18-9-8-16(22)12-23-18/h8-15,19H,4-7H2,1-3H3,(H,24,26)(H,23,25,28). The number of amides is 2. The van der Waals surface area contributed by atoms with Gasteiger partial charge >= 0.3 is 0 Å². The molecule has 29 heavy (non-hydrogen) atoms. The van der Waals surface area contributed by atoms with E-state index >= 15 is 0 Å². The third-order valence-electron chi connectivity index (χ3n) is 5.58. The second-order valence-electron chi connectivity index (χ2n) is 8.09. The predicted octanol–water partition coefficient (Wildman–Crippen LogP) is 4.25. The maximum Gasteiger partial charge on any atom is 0.272 e. The molecule has 0 bridgehead atoms. The zero-order chi connectivity index (χ0) is 21.0. The van der Waals surface area contributed by atoms with Crippen molar-refractivity contribution in [2.45, 2.75) is 58.5 Å². The number of carbonyl (C=O) groups is 2. The van der Waals surface area contributed by atoms with Crippen LogP contribution >= 0.6 is 15.9 Å². The quantitative estimate of drug-likeness (QED) is 0.672. The number of hydrogen-bond donors (Lipinski definition) is 2. The van der Waals surface area contributed by atoms with Gasteiger partial charge in [-0.05, 0) is 72.7 Å². The minimum Gasteiger partial charge on any atom is -0.323 e. The van der Waals surface area contributed by atoms with E-state index in [1.54, 1.807) is 29.4 Å². The number of rotatable bonds is 6. The molecule has 2 N–H and O–H groups in total. The molecule has 1 aliphatic rings. The largest absolute Gasteiger partial charge is 0.323 e. The first-order valence-corrected chi connectivity index (χ1v) is 10.9. The van der Waals surface area contributed by atoms with Crippen molar-refractivity contribution in [2.75, 3.05) is 5.32 Å². The van der Waals surface area contributed by atoms with Crippen molar-refractivity contribution in [3.63, 3.8) is 0 Å². The molecule has 0 saturated heterocycles. The normalized spacial score (nSPS) is 20.3. The van der Waals surface area contributed by atoms with Crippen LogP contribution in [0.3, 0.4) is 0 Å². The van der Waals surface area contributed by atoms with E-state index in [2.05, 4.69) is 43.4 Å². The highest BCUT2D eigenvalue weighted by molar-refractivity contribution is 9.10. The molecule has 1 saturated carbocycles. The molecule has 2 aromatic heterocycles. The van der Waals surface area contributed by atoms with E-state index in [9.17, 15) is 9.59 Å². The second kappa shape index (κ2) is 9.52. The maximum absolute atomic E-state index is 13.4. The maximum atomic E-state index is 13.4. The molecule has 156 valence electrons. The Morgan fingerprint density at radius 1 is 1.21 bits per heavy atom. The number of aromatic amines is 1. The molecular weight excluding hydrogens is 434 g/mol. The number of nitrogens with one attached hydrogen (secondary N) is 2. The van der Waals surface area contributed by atoms with Crippen molar-refractivity contribution in [1.82, 2.24) is 20.1 Å². The topological polar surface area (TPSA) is 91.0 Å². The molecule has 7 nitrogen and oxygen atoms in total. The summed E-state index contributed by atoms with van der Waals surface area (Å²) in [6.45, 7) is 6.13. The van der Waals surface area contributed by atoms with Crippen LogP contribution < -0.4 is 5.32 Å². The van der Waals surface area contributed by atoms with Crippen LogP contribution in [0, 0.1) is 11.8 Å². The van der Waals surface area contributed by atoms with Crippen molar-refractivity contribution >= 4 is 33.6 Å². The highest BCUT2D eigenvalue weighted by Gasteiger charge is 2.40. The average molecular weight is 462 g/mol. The van der Waals surface area contributed by atoms with E-state index in [1.807, 2.05) is 19.9 Å². The number of aromatic nitrogens is 3. The van der Waals surface area contributed by atoms with Crippen LogP contribution in [0.1, 0.15) is 56.9 Å². The van der Waals surface area contributed by atoms with E-state index < -0.39 is 6.04 Å². The van der Waals surface area contributed by atoms with Gasteiger partial charge in [-0.15, -0.1) is 0 Å². The van der Waals surface area contributed by atoms with Crippen LogP contribution in [0.15, 0.2) is 35.1 Å². The van der Waals surface area contributed by atoms with Crippen molar-refractivity contribution in [2.24, 2.45) is 11.8 Å². The molecule has 3 rings (SSSR count). The number of pyridine rings is 1. The highest BCUT2D eigenvalue weighted by Crippen LogP contribution is 2.34. The van der Waals surface area contributed by atoms with Crippen LogP contribution in [0.5, 0.6) is 0 Å². The van der Waals surface area contributed by atoms with Gasteiger partial charge in [0.05, 0.1) is 0 Å². The van der Waals surface area contributed by atoms with Gasteiger partial charge in [-0.1, -0.05) is 19.8 Å². The average Bonchev–Trinajstić information content (AvgIpc) is 3.23. The van der Waals surface area contributed by atoms with E-state index in [0.29, 0.717) is 17.4 Å². The number of halogens is 1. The Labute approximate surface area is 179 Å². The first-order chi connectivity index (χ1) is 13.9. The number of nitrogens with zero attached hydrogens (tertiary/aromatic N) is 3. The smallest absolute Gasteiger partial charge is 0.272 e. The minimum absolute atomic E-state index is 0.107. The van der Waals surface area contributed by atoms with Gasteiger partial charge in [0, 0.05) is 22.9 Å².